The van der Waals surface area contributed by atoms with Crippen LogP contribution in [0.25, 0.3) is 11.4 Å². The Bertz CT molecular complexity index is 1090. The summed E-state index contributed by atoms with van der Waals surface area (Å²) in [7, 11) is 0. The highest BCUT2D eigenvalue weighted by atomic mass is 35.5. The molecule has 1 aromatic heterocycles. The maximum atomic E-state index is 12.9. The number of carbonyl (C=O) groups excluding carboxylic acids is 1. The van der Waals surface area contributed by atoms with Crippen molar-refractivity contribution in [1.82, 2.24) is 14.9 Å². The highest BCUT2D eigenvalue weighted by Gasteiger charge is 2.17. The molecule has 0 saturated carbocycles. The summed E-state index contributed by atoms with van der Waals surface area (Å²) < 4.78 is 1.42. The maximum Gasteiger partial charge on any atom is 0.257 e. The fourth-order valence-corrected chi connectivity index (χ4v) is 3.51. The fraction of sp³-hybridized carbons (Fsp3) is 0.292. The number of hydrogen-bond donors (Lipinski definition) is 1. The molecule has 3 rings (SSSR count). The van der Waals surface area contributed by atoms with Gasteiger partial charge in [0, 0.05) is 27.9 Å². The Morgan fingerprint density at radius 3 is 2.57 bits per heavy atom. The average molecular weight is 424 g/mol. The predicted octanol–water partition coefficient (Wildman–Crippen LogP) is 4.32. The number of aromatic nitrogens is 2. The second kappa shape index (κ2) is 9.72. The molecule has 0 spiro atoms. The number of carbonyl (C=O) groups is 1. The molecule has 1 amide bonds. The van der Waals surface area contributed by atoms with Crippen LogP contribution in [-0.2, 0) is 17.8 Å². The van der Waals surface area contributed by atoms with Crippen molar-refractivity contribution in [3.05, 3.63) is 86.8 Å². The maximum absolute atomic E-state index is 12.9. The molecule has 0 unspecified atom stereocenters. The largest absolute Gasteiger partial charge is 0.352 e. The van der Waals surface area contributed by atoms with Gasteiger partial charge in [-0.2, -0.15) is 0 Å². The molecule has 0 saturated heterocycles. The molecule has 1 heterocycles. The molecule has 0 aliphatic carbocycles. The summed E-state index contributed by atoms with van der Waals surface area (Å²) in [5.41, 5.74) is 2.89. The zero-order valence-electron chi connectivity index (χ0n) is 17.5. The Hall–Kier alpha value is -2.92. The molecule has 3 aromatic rings. The van der Waals surface area contributed by atoms with Crippen molar-refractivity contribution in [1.29, 1.82) is 0 Å². The van der Waals surface area contributed by atoms with Crippen LogP contribution >= 0.6 is 11.6 Å². The molecular weight excluding hydrogens is 398 g/mol. The average Bonchev–Trinajstić information content (AvgIpc) is 2.73. The monoisotopic (exact) mass is 423 g/mol. The molecule has 30 heavy (non-hydrogen) atoms. The molecule has 1 N–H and O–H groups in total. The number of halogens is 1. The third-order valence-corrected chi connectivity index (χ3v) is 5.37. The van der Waals surface area contributed by atoms with Crippen molar-refractivity contribution in [2.75, 3.05) is 0 Å². The minimum atomic E-state index is -0.218. The minimum Gasteiger partial charge on any atom is -0.352 e. The first-order chi connectivity index (χ1) is 14.3. The lowest BCUT2D eigenvalue weighted by Crippen LogP contribution is -2.39. The van der Waals surface area contributed by atoms with Gasteiger partial charge in [0.25, 0.3) is 5.56 Å². The van der Waals surface area contributed by atoms with E-state index in [4.69, 9.17) is 11.6 Å². The lowest BCUT2D eigenvalue weighted by atomic mass is 10.1. The molecule has 1 atom stereocenters. The van der Waals surface area contributed by atoms with Gasteiger partial charge in [-0.1, -0.05) is 54.1 Å². The van der Waals surface area contributed by atoms with Gasteiger partial charge in [-0.05, 0) is 51.3 Å². The van der Waals surface area contributed by atoms with Crippen LogP contribution in [0.5, 0.6) is 0 Å². The summed E-state index contributed by atoms with van der Waals surface area (Å²) in [5.74, 6) is 0.226. The van der Waals surface area contributed by atoms with E-state index >= 15 is 0 Å². The standard InChI is InChI=1S/C24H26ClN3O2/c1-16(12-13-19-8-5-4-6-9-19)26-22(29)15-28-23(20-10-7-11-21(25)14-20)27-18(3)17(2)24(28)30/h4-11,14,16H,12-13,15H2,1-3H3,(H,26,29)/t16-/m1/s1. The molecule has 0 radical (unpaired) electrons. The summed E-state index contributed by atoms with van der Waals surface area (Å²) >= 11 is 6.12. The Labute approximate surface area is 181 Å². The Balaban J connectivity index is 1.77. The second-order valence-corrected chi connectivity index (χ2v) is 7.98. The van der Waals surface area contributed by atoms with Crippen LogP contribution in [0.4, 0.5) is 0 Å². The van der Waals surface area contributed by atoms with Crippen molar-refractivity contribution in [3.63, 3.8) is 0 Å². The minimum absolute atomic E-state index is 0.0115. The number of hydrogen-bond acceptors (Lipinski definition) is 3. The summed E-state index contributed by atoms with van der Waals surface area (Å²) in [6, 6.07) is 17.3. The van der Waals surface area contributed by atoms with Gasteiger partial charge in [-0.3, -0.25) is 14.2 Å². The van der Waals surface area contributed by atoms with Crippen molar-refractivity contribution in [2.24, 2.45) is 0 Å². The van der Waals surface area contributed by atoms with Gasteiger partial charge in [0.2, 0.25) is 5.91 Å². The van der Waals surface area contributed by atoms with Crippen molar-refractivity contribution in [2.45, 2.75) is 46.2 Å². The van der Waals surface area contributed by atoms with Gasteiger partial charge in [0.05, 0.1) is 0 Å². The van der Waals surface area contributed by atoms with Crippen molar-refractivity contribution < 1.29 is 4.79 Å². The summed E-state index contributed by atoms with van der Waals surface area (Å²) in [4.78, 5) is 30.2. The third-order valence-electron chi connectivity index (χ3n) is 5.14. The van der Waals surface area contributed by atoms with E-state index in [2.05, 4.69) is 22.4 Å². The molecule has 0 aliphatic rings. The summed E-state index contributed by atoms with van der Waals surface area (Å²) in [5, 5.41) is 3.54. The van der Waals surface area contributed by atoms with Crippen molar-refractivity contribution >= 4 is 17.5 Å². The SMILES string of the molecule is Cc1nc(-c2cccc(Cl)c2)n(CC(=O)N[C@H](C)CCc2ccccc2)c(=O)c1C. The first kappa shape index (κ1) is 21.8. The number of benzene rings is 2. The molecule has 5 nitrogen and oxygen atoms in total. The number of nitrogens with zero attached hydrogens (tertiary/aromatic N) is 2. The number of rotatable bonds is 7. The van der Waals surface area contributed by atoms with Gasteiger partial charge in [0.15, 0.2) is 0 Å². The molecule has 156 valence electrons. The van der Waals surface area contributed by atoms with Gasteiger partial charge in [-0.15, -0.1) is 0 Å². The Morgan fingerprint density at radius 2 is 1.87 bits per heavy atom. The van der Waals surface area contributed by atoms with Crippen LogP contribution in [-0.4, -0.2) is 21.5 Å². The van der Waals surface area contributed by atoms with Crippen molar-refractivity contribution in [3.8, 4) is 11.4 Å². The van der Waals surface area contributed by atoms with Crippen LogP contribution in [0.1, 0.15) is 30.2 Å². The van der Waals surface area contributed by atoms with Crippen LogP contribution in [0.3, 0.4) is 0 Å². The molecule has 2 aromatic carbocycles. The van der Waals surface area contributed by atoms with Gasteiger partial charge in [0.1, 0.15) is 12.4 Å². The van der Waals surface area contributed by atoms with Gasteiger partial charge in [-0.25, -0.2) is 4.98 Å². The molecular formula is C24H26ClN3O2. The Morgan fingerprint density at radius 1 is 1.13 bits per heavy atom. The fourth-order valence-electron chi connectivity index (χ4n) is 3.32. The lowest BCUT2D eigenvalue weighted by Gasteiger charge is -2.17. The first-order valence-electron chi connectivity index (χ1n) is 10.0. The van der Waals surface area contributed by atoms with Gasteiger partial charge >= 0.3 is 0 Å². The smallest absolute Gasteiger partial charge is 0.257 e. The number of amides is 1. The summed E-state index contributed by atoms with van der Waals surface area (Å²) in [6.07, 6.45) is 1.69. The van der Waals surface area contributed by atoms with E-state index in [1.165, 1.54) is 10.1 Å². The van der Waals surface area contributed by atoms with E-state index in [-0.39, 0.29) is 24.1 Å². The summed E-state index contributed by atoms with van der Waals surface area (Å²) in [6.45, 7) is 5.40. The number of aryl methyl sites for hydroxylation is 2. The van der Waals surface area contributed by atoms with E-state index in [0.717, 1.165) is 12.8 Å². The first-order valence-corrected chi connectivity index (χ1v) is 10.4. The second-order valence-electron chi connectivity index (χ2n) is 7.54. The third kappa shape index (κ3) is 5.36. The van der Waals surface area contributed by atoms with Crippen LogP contribution < -0.4 is 10.9 Å². The quantitative estimate of drug-likeness (QED) is 0.615. The van der Waals surface area contributed by atoms with E-state index in [9.17, 15) is 9.59 Å². The predicted molar refractivity (Wildman–Crippen MR) is 121 cm³/mol. The highest BCUT2D eigenvalue weighted by Crippen LogP contribution is 2.21. The molecule has 0 bridgehead atoms. The van der Waals surface area contributed by atoms with Crippen LogP contribution in [0, 0.1) is 13.8 Å². The van der Waals surface area contributed by atoms with Crippen LogP contribution in [0.15, 0.2) is 59.4 Å². The zero-order chi connectivity index (χ0) is 21.7. The van der Waals surface area contributed by atoms with E-state index in [0.29, 0.717) is 27.7 Å². The van der Waals surface area contributed by atoms with E-state index in [1.807, 2.05) is 31.2 Å². The lowest BCUT2D eigenvalue weighted by molar-refractivity contribution is -0.122. The highest BCUT2D eigenvalue weighted by molar-refractivity contribution is 6.30. The zero-order valence-corrected chi connectivity index (χ0v) is 18.2. The normalized spacial score (nSPS) is 11.9. The van der Waals surface area contributed by atoms with E-state index in [1.54, 1.807) is 32.0 Å². The van der Waals surface area contributed by atoms with Gasteiger partial charge < -0.3 is 5.32 Å². The van der Waals surface area contributed by atoms with Crippen LogP contribution in [0.2, 0.25) is 5.02 Å². The molecule has 0 aliphatic heterocycles. The topological polar surface area (TPSA) is 64.0 Å². The Kier molecular flexibility index (Phi) is 7.06. The molecule has 0 fully saturated rings. The number of nitrogens with one attached hydrogen (secondary N) is 1. The molecule has 6 heteroatoms. The van der Waals surface area contributed by atoms with E-state index < -0.39 is 0 Å².